The van der Waals surface area contributed by atoms with Crippen LogP contribution < -0.4 is 14.2 Å². The van der Waals surface area contributed by atoms with Gasteiger partial charge in [-0.1, -0.05) is 18.5 Å². The molecule has 25 heavy (non-hydrogen) atoms. The predicted molar refractivity (Wildman–Crippen MR) is 87.5 cm³/mol. The van der Waals surface area contributed by atoms with Crippen molar-refractivity contribution in [2.45, 2.75) is 18.6 Å². The average molecular weight is 369 g/mol. The Morgan fingerprint density at radius 3 is 2.36 bits per heavy atom. The van der Waals surface area contributed by atoms with E-state index in [-0.39, 0.29) is 33.6 Å². The molecule has 0 unspecified atom stereocenters. The van der Waals surface area contributed by atoms with Crippen LogP contribution in [0.1, 0.15) is 17.3 Å². The van der Waals surface area contributed by atoms with E-state index in [4.69, 9.17) is 30.5 Å². The number of carbonyl (C=O) groups is 2. The third-order valence-corrected chi connectivity index (χ3v) is 5.04. The second-order valence-corrected chi connectivity index (χ2v) is 6.19. The van der Waals surface area contributed by atoms with Crippen LogP contribution in [0.4, 0.5) is 0 Å². The Balaban J connectivity index is 2.28. The van der Waals surface area contributed by atoms with Crippen molar-refractivity contribution in [3.8, 4) is 17.2 Å². The Morgan fingerprint density at radius 1 is 1.16 bits per heavy atom. The molecule has 0 radical (unpaired) electrons. The molecular formula is C17H17ClO7. The van der Waals surface area contributed by atoms with Crippen LogP contribution in [-0.2, 0) is 9.53 Å². The number of ether oxygens (including phenoxy) is 4. The number of halogens is 1. The lowest BCUT2D eigenvalue weighted by atomic mass is 9.74. The first kappa shape index (κ1) is 17.6. The van der Waals surface area contributed by atoms with Crippen molar-refractivity contribution in [1.29, 1.82) is 0 Å². The van der Waals surface area contributed by atoms with Crippen LogP contribution in [0.25, 0.3) is 0 Å². The number of fused-ring (bicyclic) bond motifs is 1. The highest BCUT2D eigenvalue weighted by atomic mass is 35.5. The van der Waals surface area contributed by atoms with Crippen LogP contribution in [0.3, 0.4) is 0 Å². The molecule has 1 aliphatic carbocycles. The summed E-state index contributed by atoms with van der Waals surface area (Å²) in [6.45, 7) is 1.54. The summed E-state index contributed by atoms with van der Waals surface area (Å²) in [5.41, 5.74) is -1.59. The third kappa shape index (κ3) is 2.15. The van der Waals surface area contributed by atoms with Crippen molar-refractivity contribution in [1.82, 2.24) is 0 Å². The van der Waals surface area contributed by atoms with E-state index in [0.717, 1.165) is 6.08 Å². The maximum atomic E-state index is 13.3. The Hall–Kier alpha value is -2.25. The van der Waals surface area contributed by atoms with Gasteiger partial charge in [-0.05, 0) is 0 Å². The molecule has 7 nitrogen and oxygen atoms in total. The molecule has 1 aromatic carbocycles. The number of ketones is 2. The molecule has 3 atom stereocenters. The Bertz CT molecular complexity index is 801. The number of benzene rings is 1. The van der Waals surface area contributed by atoms with Gasteiger partial charge in [0.2, 0.25) is 11.4 Å². The zero-order chi connectivity index (χ0) is 18.5. The van der Waals surface area contributed by atoms with Gasteiger partial charge in [0.15, 0.2) is 17.3 Å². The normalized spacial score (nSPS) is 27.7. The van der Waals surface area contributed by atoms with Crippen molar-refractivity contribution in [3.63, 3.8) is 0 Å². The molecule has 134 valence electrons. The van der Waals surface area contributed by atoms with Crippen LogP contribution >= 0.6 is 11.6 Å². The van der Waals surface area contributed by atoms with E-state index in [1.165, 1.54) is 34.3 Å². The molecular weight excluding hydrogens is 352 g/mol. The van der Waals surface area contributed by atoms with Gasteiger partial charge in [-0.3, -0.25) is 9.59 Å². The SMILES string of the molecule is COC1=CC(=O)[C@H](O)[C@@H](C)[C@]12Oc1c(Cl)c(OC)cc(OC)c1C2=O. The predicted octanol–water partition coefficient (Wildman–Crippen LogP) is 1.78. The smallest absolute Gasteiger partial charge is 0.233 e. The summed E-state index contributed by atoms with van der Waals surface area (Å²) in [4.78, 5) is 25.2. The summed E-state index contributed by atoms with van der Waals surface area (Å²) in [6, 6.07) is 1.48. The van der Waals surface area contributed by atoms with E-state index < -0.39 is 29.2 Å². The summed E-state index contributed by atoms with van der Waals surface area (Å²) in [6.07, 6.45) is -0.338. The fourth-order valence-electron chi connectivity index (χ4n) is 3.29. The van der Waals surface area contributed by atoms with Gasteiger partial charge in [-0.25, -0.2) is 0 Å². The number of rotatable bonds is 3. The lowest BCUT2D eigenvalue weighted by Crippen LogP contribution is -2.57. The van der Waals surface area contributed by atoms with Gasteiger partial charge in [-0.15, -0.1) is 0 Å². The summed E-state index contributed by atoms with van der Waals surface area (Å²) in [7, 11) is 4.15. The average Bonchev–Trinajstić information content (AvgIpc) is 2.92. The van der Waals surface area contributed by atoms with Crippen LogP contribution in [0.5, 0.6) is 17.2 Å². The molecule has 1 N–H and O–H groups in total. The highest BCUT2D eigenvalue weighted by Crippen LogP contribution is 2.54. The van der Waals surface area contributed by atoms with Gasteiger partial charge in [0.05, 0.1) is 21.3 Å². The van der Waals surface area contributed by atoms with Gasteiger partial charge in [0, 0.05) is 18.1 Å². The van der Waals surface area contributed by atoms with Gasteiger partial charge in [0.25, 0.3) is 0 Å². The zero-order valence-electron chi connectivity index (χ0n) is 14.1. The number of aliphatic hydroxyl groups is 1. The van der Waals surface area contributed by atoms with Crippen LogP contribution in [0, 0.1) is 5.92 Å². The summed E-state index contributed by atoms with van der Waals surface area (Å²) in [5, 5.41) is 10.3. The maximum absolute atomic E-state index is 13.3. The quantitative estimate of drug-likeness (QED) is 0.869. The minimum atomic E-state index is -1.70. The molecule has 1 heterocycles. The molecule has 0 saturated carbocycles. The van der Waals surface area contributed by atoms with Crippen molar-refractivity contribution in [2.75, 3.05) is 21.3 Å². The Morgan fingerprint density at radius 2 is 1.80 bits per heavy atom. The first-order chi connectivity index (χ1) is 11.8. The van der Waals surface area contributed by atoms with Gasteiger partial charge in [0.1, 0.15) is 28.2 Å². The van der Waals surface area contributed by atoms with E-state index >= 15 is 0 Å². The molecule has 0 amide bonds. The van der Waals surface area contributed by atoms with Crippen molar-refractivity contribution >= 4 is 23.2 Å². The second-order valence-electron chi connectivity index (χ2n) is 5.81. The molecule has 3 rings (SSSR count). The first-order valence-electron chi connectivity index (χ1n) is 7.49. The van der Waals surface area contributed by atoms with E-state index in [9.17, 15) is 14.7 Å². The number of carbonyl (C=O) groups excluding carboxylic acids is 2. The van der Waals surface area contributed by atoms with E-state index in [2.05, 4.69) is 0 Å². The topological polar surface area (TPSA) is 91.3 Å². The van der Waals surface area contributed by atoms with Crippen LogP contribution in [0.15, 0.2) is 17.9 Å². The maximum Gasteiger partial charge on any atom is 0.233 e. The van der Waals surface area contributed by atoms with Crippen LogP contribution in [0.2, 0.25) is 5.02 Å². The lowest BCUT2D eigenvalue weighted by molar-refractivity contribution is -0.131. The molecule has 8 heteroatoms. The molecule has 0 bridgehead atoms. The van der Waals surface area contributed by atoms with E-state index in [0.29, 0.717) is 0 Å². The first-order valence-corrected chi connectivity index (χ1v) is 7.87. The summed E-state index contributed by atoms with van der Waals surface area (Å²) in [5.74, 6) is -1.40. The molecule has 1 aromatic rings. The largest absolute Gasteiger partial charge is 0.496 e. The van der Waals surface area contributed by atoms with Gasteiger partial charge < -0.3 is 24.1 Å². The molecule has 1 aliphatic heterocycles. The number of hydrogen-bond donors (Lipinski definition) is 1. The molecule has 0 saturated heterocycles. The number of Topliss-reactive ketones (excluding diaryl/α,β-unsaturated/α-hetero) is 1. The molecule has 2 aliphatic rings. The van der Waals surface area contributed by atoms with E-state index in [1.807, 2.05) is 0 Å². The monoisotopic (exact) mass is 368 g/mol. The second kappa shape index (κ2) is 5.93. The van der Waals surface area contributed by atoms with Crippen molar-refractivity contribution < 1.29 is 33.6 Å². The Labute approximate surface area is 149 Å². The third-order valence-electron chi connectivity index (χ3n) is 4.68. The fourth-order valence-corrected chi connectivity index (χ4v) is 3.55. The van der Waals surface area contributed by atoms with Gasteiger partial charge in [-0.2, -0.15) is 0 Å². The minimum absolute atomic E-state index is 0.00795. The Kier molecular flexibility index (Phi) is 4.17. The molecule has 0 aromatic heterocycles. The molecule has 1 spiro atoms. The van der Waals surface area contributed by atoms with Crippen LogP contribution in [-0.4, -0.2) is 49.7 Å². The number of aliphatic hydroxyl groups excluding tert-OH is 1. The number of methoxy groups -OCH3 is 3. The highest BCUT2D eigenvalue weighted by molar-refractivity contribution is 6.35. The zero-order valence-corrected chi connectivity index (χ0v) is 14.8. The summed E-state index contributed by atoms with van der Waals surface area (Å²) < 4.78 is 21.7. The fraction of sp³-hybridized carbons (Fsp3) is 0.412. The summed E-state index contributed by atoms with van der Waals surface area (Å²) >= 11 is 6.31. The van der Waals surface area contributed by atoms with Gasteiger partial charge >= 0.3 is 0 Å². The highest BCUT2D eigenvalue weighted by Gasteiger charge is 2.62. The van der Waals surface area contributed by atoms with Crippen molar-refractivity contribution in [3.05, 3.63) is 28.5 Å². The molecule has 0 fully saturated rings. The number of hydrogen-bond acceptors (Lipinski definition) is 7. The standard InChI is InChI=1S/C17H17ClO7/c1-7-14(20)8(19)5-11(24-4)17(7)16(21)12-9(22-2)6-10(23-3)13(18)15(12)25-17/h5-7,14,20H,1-4H3/t7-,14-,17+/m1/s1. The minimum Gasteiger partial charge on any atom is -0.496 e. The van der Waals surface area contributed by atoms with Crippen molar-refractivity contribution in [2.24, 2.45) is 5.92 Å². The van der Waals surface area contributed by atoms with E-state index in [1.54, 1.807) is 0 Å². The lowest BCUT2D eigenvalue weighted by Gasteiger charge is -2.38.